The number of ether oxygens (including phenoxy) is 1. The van der Waals surface area contributed by atoms with E-state index in [4.69, 9.17) is 16.3 Å². The van der Waals surface area contributed by atoms with E-state index in [9.17, 15) is 21.6 Å². The first-order valence-electron chi connectivity index (χ1n) is 9.29. The minimum Gasteiger partial charge on any atom is -0.449 e. The summed E-state index contributed by atoms with van der Waals surface area (Å²) in [5.41, 5.74) is 0.285. The molecule has 0 bridgehead atoms. The van der Waals surface area contributed by atoms with Gasteiger partial charge in [-0.3, -0.25) is 0 Å². The van der Waals surface area contributed by atoms with E-state index in [-0.39, 0.29) is 33.6 Å². The van der Waals surface area contributed by atoms with Crippen molar-refractivity contribution < 1.29 is 26.4 Å². The van der Waals surface area contributed by atoms with Gasteiger partial charge in [0.1, 0.15) is 14.8 Å². The highest BCUT2D eigenvalue weighted by molar-refractivity contribution is 7.96. The van der Waals surface area contributed by atoms with Crippen molar-refractivity contribution >= 4 is 55.2 Å². The minimum absolute atomic E-state index is 0.0445. The van der Waals surface area contributed by atoms with Crippen LogP contribution < -0.4 is 0 Å². The Morgan fingerprint density at radius 2 is 2.10 bits per heavy atom. The maximum atomic E-state index is 12.9. The lowest BCUT2D eigenvalue weighted by molar-refractivity contribution is 0.0852. The van der Waals surface area contributed by atoms with Crippen LogP contribution in [0.15, 0.2) is 18.9 Å². The van der Waals surface area contributed by atoms with Gasteiger partial charge in [-0.15, -0.1) is 27.3 Å². The molecule has 1 unspecified atom stereocenters. The van der Waals surface area contributed by atoms with E-state index in [0.717, 1.165) is 6.34 Å². The normalized spacial score (nSPS) is 20.7. The average Bonchev–Trinajstić information content (AvgIpc) is 3.13. The molecule has 1 aliphatic heterocycles. The summed E-state index contributed by atoms with van der Waals surface area (Å²) >= 11 is 6.28. The highest BCUT2D eigenvalue weighted by Crippen LogP contribution is 2.45. The second kappa shape index (κ2) is 9.84. The van der Waals surface area contributed by atoms with Gasteiger partial charge >= 0.3 is 6.09 Å². The van der Waals surface area contributed by atoms with E-state index in [0.29, 0.717) is 23.6 Å². The van der Waals surface area contributed by atoms with E-state index in [1.165, 1.54) is 15.9 Å². The van der Waals surface area contributed by atoms with Gasteiger partial charge in [-0.2, -0.15) is 8.42 Å². The largest absolute Gasteiger partial charge is 0.449 e. The van der Waals surface area contributed by atoms with Crippen molar-refractivity contribution in [1.29, 1.82) is 0 Å². The standard InChI is InChI=1S/C17H26ClN3O6S3/c1-5-21(17(22)27-8-6-7-18)14-9-12(2)29(23,24)16-13(14)10-15(28-16)30(25,26)19-11-20(3)4/h10-12,14H,5-9H2,1-4H3/b19-11+/t12?,14-/m0/s1. The molecule has 9 nitrogen and oxygen atoms in total. The number of carbonyl (C=O) groups is 1. The van der Waals surface area contributed by atoms with Gasteiger partial charge in [0.25, 0.3) is 10.0 Å². The summed E-state index contributed by atoms with van der Waals surface area (Å²) < 4.78 is 59.5. The molecular formula is C17H26ClN3O6S3. The lowest BCUT2D eigenvalue weighted by atomic mass is 10.0. The molecule has 0 N–H and O–H groups in total. The van der Waals surface area contributed by atoms with Crippen LogP contribution in [0, 0.1) is 0 Å². The molecule has 2 rings (SSSR count). The van der Waals surface area contributed by atoms with E-state index in [1.807, 2.05) is 0 Å². The predicted octanol–water partition coefficient (Wildman–Crippen LogP) is 2.72. The average molecular weight is 500 g/mol. The van der Waals surface area contributed by atoms with Crippen molar-refractivity contribution in [2.45, 2.75) is 46.4 Å². The summed E-state index contributed by atoms with van der Waals surface area (Å²) in [4.78, 5) is 15.5. The van der Waals surface area contributed by atoms with Gasteiger partial charge in [-0.25, -0.2) is 13.2 Å². The Morgan fingerprint density at radius 3 is 2.67 bits per heavy atom. The number of amides is 1. The van der Waals surface area contributed by atoms with Crippen LogP contribution >= 0.6 is 22.9 Å². The van der Waals surface area contributed by atoms with Crippen LogP contribution in [0.1, 0.15) is 38.3 Å². The maximum absolute atomic E-state index is 12.9. The molecule has 1 aromatic heterocycles. The van der Waals surface area contributed by atoms with Crippen molar-refractivity contribution in [3.8, 4) is 0 Å². The molecule has 1 aliphatic rings. The van der Waals surface area contributed by atoms with Crippen LogP contribution in [0.3, 0.4) is 0 Å². The second-order valence-corrected chi connectivity index (χ2v) is 12.9. The number of sulfonamides is 1. The Morgan fingerprint density at radius 1 is 1.43 bits per heavy atom. The van der Waals surface area contributed by atoms with Gasteiger partial charge in [-0.05, 0) is 32.8 Å². The first-order chi connectivity index (χ1) is 14.0. The Bertz CT molecular complexity index is 1000. The smallest absolute Gasteiger partial charge is 0.410 e. The molecule has 0 fully saturated rings. The van der Waals surface area contributed by atoms with Crippen LogP contribution in [-0.4, -0.2) is 77.4 Å². The minimum atomic E-state index is -4.08. The molecular weight excluding hydrogens is 474 g/mol. The Balaban J connectivity index is 2.51. The van der Waals surface area contributed by atoms with E-state index >= 15 is 0 Å². The van der Waals surface area contributed by atoms with Crippen LogP contribution in [0.4, 0.5) is 4.79 Å². The monoisotopic (exact) mass is 499 g/mol. The SMILES string of the molecule is CCN(C(=O)OCCCCl)[C@H]1CC(C)S(=O)(=O)c2sc(S(=O)(=O)/N=C/N(C)C)cc21. The highest BCUT2D eigenvalue weighted by atomic mass is 35.5. The summed E-state index contributed by atoms with van der Waals surface area (Å²) in [7, 11) is -4.55. The Hall–Kier alpha value is -1.37. The quantitative estimate of drug-likeness (QED) is 0.234. The van der Waals surface area contributed by atoms with E-state index in [2.05, 4.69) is 4.40 Å². The first kappa shape index (κ1) is 24.9. The number of thiophene rings is 1. The number of halogens is 1. The molecule has 0 aliphatic carbocycles. The lowest BCUT2D eigenvalue weighted by Crippen LogP contribution is -2.40. The molecule has 0 saturated heterocycles. The number of sulfone groups is 1. The fourth-order valence-corrected chi connectivity index (χ4v) is 7.97. The molecule has 2 heterocycles. The van der Waals surface area contributed by atoms with Crippen LogP contribution in [0.25, 0.3) is 0 Å². The first-order valence-corrected chi connectivity index (χ1v) is 13.6. The molecule has 30 heavy (non-hydrogen) atoms. The molecule has 0 aromatic carbocycles. The van der Waals surface area contributed by atoms with Crippen LogP contribution in [-0.2, 0) is 24.6 Å². The molecule has 1 amide bonds. The molecule has 13 heteroatoms. The molecule has 170 valence electrons. The van der Waals surface area contributed by atoms with Crippen molar-refractivity contribution in [1.82, 2.24) is 9.80 Å². The van der Waals surface area contributed by atoms with E-state index in [1.54, 1.807) is 27.9 Å². The van der Waals surface area contributed by atoms with Crippen LogP contribution in [0.5, 0.6) is 0 Å². The number of rotatable bonds is 8. The van der Waals surface area contributed by atoms with Gasteiger partial charge in [0.15, 0.2) is 9.84 Å². The topological polar surface area (TPSA) is 113 Å². The molecule has 1 aromatic rings. The molecule has 2 atom stereocenters. The van der Waals surface area contributed by atoms with Crippen molar-refractivity contribution in [2.75, 3.05) is 33.1 Å². The Kier molecular flexibility index (Phi) is 8.16. The van der Waals surface area contributed by atoms with Crippen molar-refractivity contribution in [2.24, 2.45) is 4.40 Å². The zero-order valence-corrected chi connectivity index (χ0v) is 20.4. The summed E-state index contributed by atoms with van der Waals surface area (Å²) in [5.74, 6) is 0.349. The molecule has 0 saturated carbocycles. The summed E-state index contributed by atoms with van der Waals surface area (Å²) in [6, 6.07) is 0.690. The number of hydrogen-bond acceptors (Lipinski definition) is 7. The van der Waals surface area contributed by atoms with Gasteiger partial charge in [0.2, 0.25) is 0 Å². The highest BCUT2D eigenvalue weighted by Gasteiger charge is 2.43. The fourth-order valence-electron chi connectivity index (χ4n) is 2.98. The number of carbonyl (C=O) groups excluding carboxylic acids is 1. The predicted molar refractivity (Wildman–Crippen MR) is 117 cm³/mol. The molecule has 0 radical (unpaired) electrons. The fraction of sp³-hybridized carbons (Fsp3) is 0.647. The zero-order chi connectivity index (χ0) is 22.7. The molecule has 0 spiro atoms. The second-order valence-electron chi connectivity index (χ2n) is 7.02. The summed E-state index contributed by atoms with van der Waals surface area (Å²) in [6.07, 6.45) is 1.18. The van der Waals surface area contributed by atoms with Crippen molar-refractivity contribution in [3.63, 3.8) is 0 Å². The van der Waals surface area contributed by atoms with Gasteiger partial charge in [-0.1, -0.05) is 0 Å². The number of alkyl halides is 1. The van der Waals surface area contributed by atoms with Crippen molar-refractivity contribution in [3.05, 3.63) is 11.6 Å². The maximum Gasteiger partial charge on any atom is 0.410 e. The Labute approximate surface area is 186 Å². The van der Waals surface area contributed by atoms with E-state index < -0.39 is 37.2 Å². The third-order valence-electron chi connectivity index (χ3n) is 4.53. The number of fused-ring (bicyclic) bond motifs is 1. The zero-order valence-electron chi connectivity index (χ0n) is 17.2. The van der Waals surface area contributed by atoms with Gasteiger partial charge < -0.3 is 14.5 Å². The van der Waals surface area contributed by atoms with Crippen LogP contribution in [0.2, 0.25) is 0 Å². The summed E-state index contributed by atoms with van der Waals surface area (Å²) in [6.45, 7) is 3.72. The van der Waals surface area contributed by atoms with Gasteiger partial charge in [0, 0.05) is 32.1 Å². The number of nitrogens with zero attached hydrogens (tertiary/aromatic N) is 3. The third-order valence-corrected chi connectivity index (χ3v) is 10.4. The lowest BCUT2D eigenvalue weighted by Gasteiger charge is -2.35. The van der Waals surface area contributed by atoms with Gasteiger partial charge in [0.05, 0.1) is 17.9 Å². The third kappa shape index (κ3) is 5.27. The number of hydrogen-bond donors (Lipinski definition) is 0. The summed E-state index contributed by atoms with van der Waals surface area (Å²) in [5, 5.41) is -0.779.